The number of nitrogens with zero attached hydrogens (tertiary/aromatic N) is 2. The van der Waals surface area contributed by atoms with Gasteiger partial charge in [-0.3, -0.25) is 0 Å². The van der Waals surface area contributed by atoms with Crippen LogP contribution in [0.3, 0.4) is 0 Å². The first-order chi connectivity index (χ1) is 8.82. The lowest BCUT2D eigenvalue weighted by Crippen LogP contribution is -2.14. The smallest absolute Gasteiger partial charge is 0.356 e. The van der Waals surface area contributed by atoms with Crippen LogP contribution in [-0.4, -0.2) is 28.7 Å². The molecular weight excluding hydrogens is 268 g/mol. The van der Waals surface area contributed by atoms with Crippen LogP contribution in [0.1, 0.15) is 21.6 Å². The number of carboxylic acids is 1. The molecule has 2 aromatic rings. The number of carbonyl (C=O) groups is 1. The molecule has 1 aromatic carbocycles. The number of aromatic nitrogens is 2. The molecule has 0 atom stereocenters. The van der Waals surface area contributed by atoms with E-state index in [2.05, 4.69) is 5.10 Å². The lowest BCUT2D eigenvalue weighted by Gasteiger charge is -2.04. The van der Waals surface area contributed by atoms with Crippen LogP contribution in [-0.2, 0) is 10.0 Å². The molecule has 0 radical (unpaired) electrons. The molecule has 2 rings (SSSR count). The normalized spacial score (nSPS) is 11.5. The van der Waals surface area contributed by atoms with Crippen molar-refractivity contribution in [2.45, 2.75) is 18.7 Å². The topological polar surface area (TPSA) is 89.3 Å². The fourth-order valence-electron chi connectivity index (χ4n) is 1.59. The third-order valence-electron chi connectivity index (χ3n) is 2.64. The third kappa shape index (κ3) is 2.37. The van der Waals surface area contributed by atoms with Crippen molar-refractivity contribution >= 4 is 16.0 Å². The number of rotatable bonds is 3. The predicted molar refractivity (Wildman–Crippen MR) is 67.7 cm³/mol. The zero-order chi connectivity index (χ0) is 14.2. The van der Waals surface area contributed by atoms with Gasteiger partial charge in [-0.15, -0.1) is 0 Å². The molecule has 0 saturated carbocycles. The van der Waals surface area contributed by atoms with Gasteiger partial charge in [-0.25, -0.2) is 4.79 Å². The molecule has 0 bridgehead atoms. The molecule has 0 aliphatic rings. The van der Waals surface area contributed by atoms with Gasteiger partial charge in [0.1, 0.15) is 0 Å². The Kier molecular flexibility index (Phi) is 3.15. The van der Waals surface area contributed by atoms with E-state index in [9.17, 15) is 13.2 Å². The Balaban J connectivity index is 2.54. The first kappa shape index (κ1) is 13.3. The van der Waals surface area contributed by atoms with Crippen LogP contribution in [0.4, 0.5) is 0 Å². The number of aryl methyl sites for hydroxylation is 2. The average molecular weight is 280 g/mol. The van der Waals surface area contributed by atoms with Crippen molar-refractivity contribution in [3.8, 4) is 0 Å². The lowest BCUT2D eigenvalue weighted by molar-refractivity contribution is 0.0689. The van der Waals surface area contributed by atoms with E-state index < -0.39 is 16.0 Å². The molecule has 0 aliphatic heterocycles. The Morgan fingerprint density at radius 3 is 2.26 bits per heavy atom. The minimum Gasteiger partial charge on any atom is -0.476 e. The largest absolute Gasteiger partial charge is 0.476 e. The SMILES string of the molecule is Cc1ccc(S(=O)(=O)n2cc(C)c(C(=O)O)n2)cc1. The second-order valence-electron chi connectivity index (χ2n) is 4.16. The molecule has 1 aromatic heterocycles. The minimum absolute atomic E-state index is 0.0672. The van der Waals surface area contributed by atoms with Crippen LogP contribution < -0.4 is 0 Å². The third-order valence-corrected chi connectivity index (χ3v) is 4.19. The number of hydrogen-bond donors (Lipinski definition) is 1. The molecule has 0 amide bonds. The van der Waals surface area contributed by atoms with Crippen molar-refractivity contribution in [2.24, 2.45) is 0 Å². The summed E-state index contributed by atoms with van der Waals surface area (Å²) < 4.78 is 25.2. The molecule has 6 nitrogen and oxygen atoms in total. The number of benzene rings is 1. The van der Waals surface area contributed by atoms with E-state index in [-0.39, 0.29) is 10.6 Å². The maximum absolute atomic E-state index is 12.2. The van der Waals surface area contributed by atoms with E-state index in [1.807, 2.05) is 6.92 Å². The Morgan fingerprint density at radius 2 is 1.79 bits per heavy atom. The summed E-state index contributed by atoms with van der Waals surface area (Å²) in [6.45, 7) is 3.34. The van der Waals surface area contributed by atoms with Gasteiger partial charge in [0.25, 0.3) is 10.0 Å². The van der Waals surface area contributed by atoms with E-state index in [4.69, 9.17) is 5.11 Å². The van der Waals surface area contributed by atoms with Gasteiger partial charge in [0.05, 0.1) is 4.90 Å². The molecule has 1 N–H and O–H groups in total. The second-order valence-corrected chi connectivity index (χ2v) is 5.95. The summed E-state index contributed by atoms with van der Waals surface area (Å²) in [6, 6.07) is 6.26. The summed E-state index contributed by atoms with van der Waals surface area (Å²) in [5.41, 5.74) is 0.959. The second kappa shape index (κ2) is 4.51. The molecule has 100 valence electrons. The zero-order valence-electron chi connectivity index (χ0n) is 10.4. The minimum atomic E-state index is -3.85. The van der Waals surface area contributed by atoms with Gasteiger partial charge in [0.2, 0.25) is 0 Å². The van der Waals surface area contributed by atoms with E-state index in [0.29, 0.717) is 9.65 Å². The summed E-state index contributed by atoms with van der Waals surface area (Å²) in [5, 5.41) is 12.5. The number of carboxylic acid groups (broad SMARTS) is 1. The fourth-order valence-corrected chi connectivity index (χ4v) is 2.77. The molecular formula is C12H12N2O4S. The van der Waals surface area contributed by atoms with Crippen LogP contribution in [0.25, 0.3) is 0 Å². The lowest BCUT2D eigenvalue weighted by atomic mass is 10.2. The molecule has 0 saturated heterocycles. The monoisotopic (exact) mass is 280 g/mol. The molecule has 19 heavy (non-hydrogen) atoms. The summed E-state index contributed by atoms with van der Waals surface area (Å²) in [5.74, 6) is -1.25. The Hall–Kier alpha value is -2.15. The maximum Gasteiger partial charge on any atom is 0.356 e. The standard InChI is InChI=1S/C12H12N2O4S/c1-8-3-5-10(6-4-8)19(17,18)14-7-9(2)11(13-14)12(15)16/h3-7H,1-2H3,(H,15,16). The highest BCUT2D eigenvalue weighted by Gasteiger charge is 2.21. The Bertz CT molecular complexity index is 730. The summed E-state index contributed by atoms with van der Waals surface area (Å²) in [7, 11) is -3.85. The average Bonchev–Trinajstić information content (AvgIpc) is 2.72. The summed E-state index contributed by atoms with van der Waals surface area (Å²) in [6.07, 6.45) is 1.19. The fraction of sp³-hybridized carbons (Fsp3) is 0.167. The van der Waals surface area contributed by atoms with Gasteiger partial charge in [0.15, 0.2) is 5.69 Å². The van der Waals surface area contributed by atoms with Gasteiger partial charge >= 0.3 is 5.97 Å². The molecule has 0 unspecified atom stereocenters. The van der Waals surface area contributed by atoms with E-state index >= 15 is 0 Å². The number of aromatic carboxylic acids is 1. The van der Waals surface area contributed by atoms with Crippen LogP contribution in [0.15, 0.2) is 35.4 Å². The predicted octanol–water partition coefficient (Wildman–Crippen LogP) is 1.44. The Labute approximate surface area is 110 Å². The summed E-state index contributed by atoms with van der Waals surface area (Å²) >= 11 is 0. The van der Waals surface area contributed by atoms with Crippen LogP contribution in [0.2, 0.25) is 0 Å². The van der Waals surface area contributed by atoms with Crippen molar-refractivity contribution in [3.63, 3.8) is 0 Å². The van der Waals surface area contributed by atoms with Gasteiger partial charge in [0, 0.05) is 11.8 Å². The first-order valence-corrected chi connectivity index (χ1v) is 6.88. The summed E-state index contributed by atoms with van der Waals surface area (Å²) in [4.78, 5) is 10.9. The van der Waals surface area contributed by atoms with Crippen molar-refractivity contribution in [1.82, 2.24) is 9.19 Å². The number of hydrogen-bond acceptors (Lipinski definition) is 4. The highest BCUT2D eigenvalue weighted by atomic mass is 32.2. The molecule has 0 spiro atoms. The maximum atomic E-state index is 12.2. The van der Waals surface area contributed by atoms with Crippen molar-refractivity contribution in [3.05, 3.63) is 47.3 Å². The van der Waals surface area contributed by atoms with E-state index in [1.54, 1.807) is 12.1 Å². The highest BCUT2D eigenvalue weighted by molar-refractivity contribution is 7.89. The van der Waals surface area contributed by atoms with E-state index in [0.717, 1.165) is 5.56 Å². The van der Waals surface area contributed by atoms with Gasteiger partial charge in [-0.05, 0) is 26.0 Å². The molecule has 1 heterocycles. The quantitative estimate of drug-likeness (QED) is 0.918. The van der Waals surface area contributed by atoms with Crippen LogP contribution in [0, 0.1) is 13.8 Å². The van der Waals surface area contributed by atoms with Gasteiger partial charge < -0.3 is 5.11 Å². The van der Waals surface area contributed by atoms with Crippen LogP contribution >= 0.6 is 0 Å². The zero-order valence-corrected chi connectivity index (χ0v) is 11.2. The molecule has 7 heteroatoms. The molecule has 0 aliphatic carbocycles. The van der Waals surface area contributed by atoms with Crippen molar-refractivity contribution < 1.29 is 18.3 Å². The highest BCUT2D eigenvalue weighted by Crippen LogP contribution is 2.16. The van der Waals surface area contributed by atoms with Gasteiger partial charge in [-0.2, -0.15) is 17.6 Å². The van der Waals surface area contributed by atoms with E-state index in [1.165, 1.54) is 25.3 Å². The Morgan fingerprint density at radius 1 is 1.21 bits per heavy atom. The van der Waals surface area contributed by atoms with Crippen LogP contribution in [0.5, 0.6) is 0 Å². The first-order valence-electron chi connectivity index (χ1n) is 5.44. The van der Waals surface area contributed by atoms with Crippen molar-refractivity contribution in [1.29, 1.82) is 0 Å². The van der Waals surface area contributed by atoms with Gasteiger partial charge in [-0.1, -0.05) is 17.7 Å². The molecule has 0 fully saturated rings. The van der Waals surface area contributed by atoms with Crippen molar-refractivity contribution in [2.75, 3.05) is 0 Å².